The van der Waals surface area contributed by atoms with Crippen LogP contribution in [0.1, 0.15) is 335 Å². The Bertz CT molecular complexity index is 1060. The van der Waals surface area contributed by atoms with Gasteiger partial charge in [0.25, 0.3) is 0 Å². The van der Waals surface area contributed by atoms with Crippen molar-refractivity contribution in [3.05, 3.63) is 36.5 Å². The van der Waals surface area contributed by atoms with Gasteiger partial charge in [-0.2, -0.15) is 0 Å². The van der Waals surface area contributed by atoms with E-state index in [1.165, 1.54) is 276 Å². The summed E-state index contributed by atoms with van der Waals surface area (Å²) in [5.41, 5.74) is 0. The summed E-state index contributed by atoms with van der Waals surface area (Å²) in [5.74, 6) is -0.321. The van der Waals surface area contributed by atoms with E-state index in [-0.39, 0.29) is 18.9 Å². The number of nitrogens with one attached hydrogen (secondary N) is 1. The summed E-state index contributed by atoms with van der Waals surface area (Å²) >= 11 is 0. The predicted molar refractivity (Wildman–Crippen MR) is 301 cm³/mol. The third-order valence-corrected chi connectivity index (χ3v) is 14.4. The Morgan fingerprint density at radius 3 is 0.941 bits per heavy atom. The molecule has 0 heterocycles. The first-order valence-electron chi connectivity index (χ1n) is 30.8. The summed E-state index contributed by atoms with van der Waals surface area (Å²) in [4.78, 5) is 12.5. The number of carbonyl (C=O) groups is 1. The highest BCUT2D eigenvalue weighted by Crippen LogP contribution is 2.18. The van der Waals surface area contributed by atoms with Gasteiger partial charge in [-0.05, 0) is 57.8 Å². The number of aliphatic hydroxyl groups excluding tert-OH is 3. The highest BCUT2D eigenvalue weighted by Gasteiger charge is 2.20. The van der Waals surface area contributed by atoms with Crippen LogP contribution in [-0.2, 0) is 4.79 Å². The van der Waals surface area contributed by atoms with Crippen molar-refractivity contribution in [2.45, 2.75) is 353 Å². The monoisotopic (exact) mass is 956 g/mol. The van der Waals surface area contributed by atoms with Crippen LogP contribution in [0.2, 0.25) is 0 Å². The molecule has 0 saturated heterocycles. The number of amides is 1. The molecule has 5 nitrogen and oxygen atoms in total. The van der Waals surface area contributed by atoms with Crippen LogP contribution in [0.25, 0.3) is 0 Å². The second-order valence-corrected chi connectivity index (χ2v) is 21.3. The second-order valence-electron chi connectivity index (χ2n) is 21.3. The Balaban J connectivity index is 3.57. The summed E-state index contributed by atoms with van der Waals surface area (Å²) in [6, 6.07) is -0.762. The van der Waals surface area contributed by atoms with Gasteiger partial charge in [-0.1, -0.05) is 307 Å². The fraction of sp³-hybridized carbons (Fsp3) is 0.889. The van der Waals surface area contributed by atoms with Gasteiger partial charge in [0.05, 0.1) is 31.3 Å². The van der Waals surface area contributed by atoms with Gasteiger partial charge in [0.15, 0.2) is 0 Å². The van der Waals surface area contributed by atoms with Gasteiger partial charge in [0.2, 0.25) is 5.91 Å². The van der Waals surface area contributed by atoms with Gasteiger partial charge < -0.3 is 20.6 Å². The van der Waals surface area contributed by atoms with Crippen LogP contribution < -0.4 is 5.32 Å². The first-order chi connectivity index (χ1) is 33.5. The molecule has 0 rings (SSSR count). The molecule has 402 valence electrons. The van der Waals surface area contributed by atoms with E-state index >= 15 is 0 Å². The SMILES string of the molecule is CCCCCCCCCCCCCC/C=C\CCCCCCCCCCCCCCC(O)CC(=O)NC(CO)C(O)/C=C/CC/C=C/CCCCCCCCCCCCCCCCCCCCC. The number of allylic oxidation sites excluding steroid dienone is 5. The average molecular weight is 957 g/mol. The Morgan fingerprint density at radius 2 is 0.632 bits per heavy atom. The van der Waals surface area contributed by atoms with E-state index in [0.29, 0.717) is 6.42 Å². The molecule has 4 N–H and O–H groups in total. The molecule has 0 aliphatic rings. The fourth-order valence-electron chi connectivity index (χ4n) is 9.71. The van der Waals surface area contributed by atoms with Crippen molar-refractivity contribution in [3.8, 4) is 0 Å². The lowest BCUT2D eigenvalue weighted by Gasteiger charge is -2.21. The maximum absolute atomic E-state index is 12.5. The van der Waals surface area contributed by atoms with Gasteiger partial charge in [0.1, 0.15) is 0 Å². The molecular weight excluding hydrogens is 835 g/mol. The van der Waals surface area contributed by atoms with Crippen LogP contribution in [0.15, 0.2) is 36.5 Å². The van der Waals surface area contributed by atoms with Crippen molar-refractivity contribution in [2.75, 3.05) is 6.61 Å². The third-order valence-electron chi connectivity index (χ3n) is 14.4. The van der Waals surface area contributed by atoms with Crippen LogP contribution in [0, 0.1) is 0 Å². The molecule has 0 saturated carbocycles. The number of hydrogen-bond donors (Lipinski definition) is 4. The zero-order chi connectivity index (χ0) is 49.3. The molecule has 3 unspecified atom stereocenters. The minimum absolute atomic E-state index is 0.00739. The second kappa shape index (κ2) is 58.1. The van der Waals surface area contributed by atoms with Crippen LogP contribution in [-0.4, -0.2) is 46.1 Å². The lowest BCUT2D eigenvalue weighted by molar-refractivity contribution is -0.124. The molecule has 0 aliphatic carbocycles. The van der Waals surface area contributed by atoms with Gasteiger partial charge in [-0.15, -0.1) is 0 Å². The minimum Gasteiger partial charge on any atom is -0.394 e. The topological polar surface area (TPSA) is 89.8 Å². The Morgan fingerprint density at radius 1 is 0.368 bits per heavy atom. The standard InChI is InChI=1S/C63H121NO4/c1-3-5-7-9-11-13-15-17-19-21-23-25-27-29-30-31-33-34-36-38-40-42-44-46-48-50-52-54-56-60(66)58-63(68)64-61(59-65)62(67)57-55-53-51-49-47-45-43-41-39-37-35-32-28-26-24-22-20-18-16-14-12-10-8-6-4-2/h29-30,47,49,55,57,60-62,65-67H,3-28,31-46,48,50-54,56,58-59H2,1-2H3,(H,64,68)/b30-29-,49-47+,57-55+. The summed E-state index contributed by atoms with van der Waals surface area (Å²) in [6.07, 6.45) is 76.5. The lowest BCUT2D eigenvalue weighted by atomic mass is 10.0. The summed E-state index contributed by atoms with van der Waals surface area (Å²) < 4.78 is 0. The van der Waals surface area contributed by atoms with Gasteiger partial charge in [-0.3, -0.25) is 4.79 Å². The van der Waals surface area contributed by atoms with E-state index < -0.39 is 18.2 Å². The predicted octanol–water partition coefficient (Wildman–Crippen LogP) is 19.4. The van der Waals surface area contributed by atoms with E-state index in [1.807, 2.05) is 6.08 Å². The molecule has 0 bridgehead atoms. The minimum atomic E-state index is -0.953. The normalized spacial score (nSPS) is 13.4. The van der Waals surface area contributed by atoms with Crippen molar-refractivity contribution >= 4 is 5.91 Å². The van der Waals surface area contributed by atoms with E-state index in [4.69, 9.17) is 0 Å². The summed E-state index contributed by atoms with van der Waals surface area (Å²) in [6.45, 7) is 4.24. The van der Waals surface area contributed by atoms with Crippen molar-refractivity contribution in [3.63, 3.8) is 0 Å². The van der Waals surface area contributed by atoms with Gasteiger partial charge in [-0.25, -0.2) is 0 Å². The fourth-order valence-corrected chi connectivity index (χ4v) is 9.71. The van der Waals surface area contributed by atoms with Crippen molar-refractivity contribution in [2.24, 2.45) is 0 Å². The highest BCUT2D eigenvalue weighted by atomic mass is 16.3. The molecule has 0 aromatic rings. The highest BCUT2D eigenvalue weighted by molar-refractivity contribution is 5.76. The number of unbranched alkanes of at least 4 members (excludes halogenated alkanes) is 44. The van der Waals surface area contributed by atoms with E-state index in [2.05, 4.69) is 43.5 Å². The number of carbonyl (C=O) groups excluding carboxylic acids is 1. The van der Waals surface area contributed by atoms with Gasteiger partial charge in [0, 0.05) is 0 Å². The van der Waals surface area contributed by atoms with E-state index in [1.54, 1.807) is 6.08 Å². The largest absolute Gasteiger partial charge is 0.394 e. The van der Waals surface area contributed by atoms with E-state index in [9.17, 15) is 20.1 Å². The van der Waals surface area contributed by atoms with Crippen molar-refractivity contribution in [1.29, 1.82) is 0 Å². The Hall–Kier alpha value is -1.43. The zero-order valence-electron chi connectivity index (χ0n) is 46.0. The maximum Gasteiger partial charge on any atom is 0.222 e. The molecule has 0 aromatic heterocycles. The summed E-state index contributed by atoms with van der Waals surface area (Å²) in [5, 5.41) is 33.5. The van der Waals surface area contributed by atoms with Crippen LogP contribution in [0.3, 0.4) is 0 Å². The average Bonchev–Trinajstić information content (AvgIpc) is 3.33. The first-order valence-corrected chi connectivity index (χ1v) is 30.8. The maximum atomic E-state index is 12.5. The van der Waals surface area contributed by atoms with Crippen molar-refractivity contribution in [1.82, 2.24) is 5.32 Å². The Labute approximate surface area is 425 Å². The number of hydrogen-bond acceptors (Lipinski definition) is 4. The van der Waals surface area contributed by atoms with Gasteiger partial charge >= 0.3 is 0 Å². The first kappa shape index (κ1) is 66.6. The summed E-state index contributed by atoms with van der Waals surface area (Å²) in [7, 11) is 0. The molecule has 0 fully saturated rings. The molecule has 1 amide bonds. The van der Waals surface area contributed by atoms with Crippen LogP contribution in [0.5, 0.6) is 0 Å². The van der Waals surface area contributed by atoms with Crippen molar-refractivity contribution < 1.29 is 20.1 Å². The van der Waals surface area contributed by atoms with Crippen LogP contribution in [0.4, 0.5) is 0 Å². The zero-order valence-corrected chi connectivity index (χ0v) is 46.0. The molecular formula is C63H121NO4. The quantitative estimate of drug-likeness (QED) is 0.0361. The molecule has 0 spiro atoms. The lowest BCUT2D eigenvalue weighted by Crippen LogP contribution is -2.45. The molecule has 3 atom stereocenters. The molecule has 68 heavy (non-hydrogen) atoms. The molecule has 5 heteroatoms. The smallest absolute Gasteiger partial charge is 0.222 e. The van der Waals surface area contributed by atoms with Crippen LogP contribution >= 0.6 is 0 Å². The Kier molecular flexibility index (Phi) is 56.9. The molecule has 0 aromatic carbocycles. The molecule has 0 radical (unpaired) electrons. The third kappa shape index (κ3) is 53.9. The van der Waals surface area contributed by atoms with E-state index in [0.717, 1.165) is 32.1 Å². The number of aliphatic hydroxyl groups is 3. The number of rotatable bonds is 57. The molecule has 0 aliphatic heterocycles.